The van der Waals surface area contributed by atoms with E-state index in [0.29, 0.717) is 13.0 Å². The fourth-order valence-electron chi connectivity index (χ4n) is 1.51. The van der Waals surface area contributed by atoms with Crippen molar-refractivity contribution >= 4 is 17.7 Å². The van der Waals surface area contributed by atoms with Gasteiger partial charge in [0.05, 0.1) is 6.04 Å². The van der Waals surface area contributed by atoms with Crippen molar-refractivity contribution in [3.05, 3.63) is 35.9 Å². The molecule has 1 amide bonds. The normalized spacial score (nSPS) is 12.1. The van der Waals surface area contributed by atoms with Gasteiger partial charge in [0.15, 0.2) is 0 Å². The van der Waals surface area contributed by atoms with Gasteiger partial charge in [-0.05, 0) is 24.7 Å². The Balaban J connectivity index is 2.24. The second kappa shape index (κ2) is 8.14. The summed E-state index contributed by atoms with van der Waals surface area (Å²) in [6, 6.07) is 9.69. The van der Waals surface area contributed by atoms with Crippen LogP contribution in [0.15, 0.2) is 30.3 Å². The molecular weight excluding hydrogens is 232 g/mol. The molecule has 0 saturated heterocycles. The van der Waals surface area contributed by atoms with E-state index in [2.05, 4.69) is 17.4 Å². The molecule has 1 atom stereocenters. The molecule has 1 rings (SSSR count). The van der Waals surface area contributed by atoms with Crippen molar-refractivity contribution in [3.8, 4) is 0 Å². The second-order valence-electron chi connectivity index (χ2n) is 3.91. The molecule has 0 aliphatic carbocycles. The van der Waals surface area contributed by atoms with Gasteiger partial charge in [-0.3, -0.25) is 4.79 Å². The lowest BCUT2D eigenvalue weighted by Crippen LogP contribution is -2.41. The fraction of sp³-hybridized carbons (Fsp3) is 0.462. The molecule has 0 aliphatic rings. The SMILES string of the molecule is CSCCNC(=O)C(N)CCc1ccccc1. The molecule has 3 N–H and O–H groups in total. The lowest BCUT2D eigenvalue weighted by Gasteiger charge is -2.11. The van der Waals surface area contributed by atoms with Crippen LogP contribution in [0, 0.1) is 0 Å². The molecule has 0 heterocycles. The molecule has 0 fully saturated rings. The third-order valence-electron chi connectivity index (χ3n) is 2.53. The molecule has 0 bridgehead atoms. The predicted octanol–water partition coefficient (Wildman–Crippen LogP) is 1.43. The highest BCUT2D eigenvalue weighted by atomic mass is 32.2. The van der Waals surface area contributed by atoms with E-state index < -0.39 is 6.04 Å². The number of rotatable bonds is 7. The zero-order chi connectivity index (χ0) is 12.5. The summed E-state index contributed by atoms with van der Waals surface area (Å²) in [5.74, 6) is 0.881. The molecule has 1 unspecified atom stereocenters. The molecular formula is C13H20N2OS. The minimum atomic E-state index is -0.405. The predicted molar refractivity (Wildman–Crippen MR) is 74.1 cm³/mol. The fourth-order valence-corrected chi connectivity index (χ4v) is 1.81. The van der Waals surface area contributed by atoms with Crippen LogP contribution in [0.4, 0.5) is 0 Å². The number of carbonyl (C=O) groups excluding carboxylic acids is 1. The van der Waals surface area contributed by atoms with E-state index in [0.717, 1.165) is 12.2 Å². The quantitative estimate of drug-likeness (QED) is 0.722. The molecule has 0 radical (unpaired) electrons. The minimum absolute atomic E-state index is 0.0463. The van der Waals surface area contributed by atoms with Crippen LogP contribution in [-0.2, 0) is 11.2 Å². The van der Waals surface area contributed by atoms with Crippen LogP contribution in [-0.4, -0.2) is 30.5 Å². The zero-order valence-corrected chi connectivity index (χ0v) is 11.0. The number of hydrogen-bond acceptors (Lipinski definition) is 3. The summed E-state index contributed by atoms with van der Waals surface area (Å²) in [5.41, 5.74) is 7.05. The first-order valence-electron chi connectivity index (χ1n) is 5.80. The van der Waals surface area contributed by atoms with E-state index >= 15 is 0 Å². The highest BCUT2D eigenvalue weighted by Crippen LogP contribution is 2.04. The highest BCUT2D eigenvalue weighted by molar-refractivity contribution is 7.98. The van der Waals surface area contributed by atoms with Crippen LogP contribution in [0.3, 0.4) is 0 Å². The number of hydrogen-bond donors (Lipinski definition) is 2. The van der Waals surface area contributed by atoms with Gasteiger partial charge in [-0.1, -0.05) is 30.3 Å². The largest absolute Gasteiger partial charge is 0.354 e. The molecule has 0 spiro atoms. The molecule has 1 aromatic carbocycles. The van der Waals surface area contributed by atoms with Crippen LogP contribution in [0.1, 0.15) is 12.0 Å². The number of benzene rings is 1. The van der Waals surface area contributed by atoms with E-state index in [4.69, 9.17) is 5.73 Å². The molecule has 94 valence electrons. The summed E-state index contributed by atoms with van der Waals surface area (Å²) in [4.78, 5) is 11.6. The number of thioether (sulfide) groups is 1. The summed E-state index contributed by atoms with van der Waals surface area (Å²) in [6.07, 6.45) is 3.55. The molecule has 0 saturated carbocycles. The van der Waals surface area contributed by atoms with Crippen molar-refractivity contribution in [3.63, 3.8) is 0 Å². The Morgan fingerprint density at radius 1 is 1.41 bits per heavy atom. The van der Waals surface area contributed by atoms with Crippen molar-refractivity contribution in [1.29, 1.82) is 0 Å². The van der Waals surface area contributed by atoms with Gasteiger partial charge in [0.1, 0.15) is 0 Å². The second-order valence-corrected chi connectivity index (χ2v) is 4.90. The minimum Gasteiger partial charge on any atom is -0.354 e. The van der Waals surface area contributed by atoms with Crippen molar-refractivity contribution in [2.24, 2.45) is 5.73 Å². The Hall–Kier alpha value is -1.00. The third-order valence-corrected chi connectivity index (χ3v) is 3.14. The number of nitrogens with two attached hydrogens (primary N) is 1. The summed E-state index contributed by atoms with van der Waals surface area (Å²) in [5, 5.41) is 2.83. The van der Waals surface area contributed by atoms with Gasteiger partial charge in [0.2, 0.25) is 5.91 Å². The summed E-state index contributed by atoms with van der Waals surface area (Å²) in [7, 11) is 0. The van der Waals surface area contributed by atoms with Gasteiger partial charge >= 0.3 is 0 Å². The molecule has 3 nitrogen and oxygen atoms in total. The Kier molecular flexibility index (Phi) is 6.74. The van der Waals surface area contributed by atoms with Crippen LogP contribution < -0.4 is 11.1 Å². The standard InChI is InChI=1S/C13H20N2OS/c1-17-10-9-15-13(16)12(14)8-7-11-5-3-2-4-6-11/h2-6,12H,7-10,14H2,1H3,(H,15,16). The first kappa shape index (κ1) is 14.1. The number of amides is 1. The third kappa shape index (κ3) is 5.75. The molecule has 17 heavy (non-hydrogen) atoms. The lowest BCUT2D eigenvalue weighted by molar-refractivity contribution is -0.122. The van der Waals surface area contributed by atoms with Gasteiger partial charge in [-0.2, -0.15) is 11.8 Å². The molecule has 0 aliphatic heterocycles. The molecule has 1 aromatic rings. The van der Waals surface area contributed by atoms with E-state index in [-0.39, 0.29) is 5.91 Å². The average molecular weight is 252 g/mol. The first-order valence-corrected chi connectivity index (χ1v) is 7.19. The maximum Gasteiger partial charge on any atom is 0.236 e. The van der Waals surface area contributed by atoms with Crippen LogP contribution in [0.2, 0.25) is 0 Å². The monoisotopic (exact) mass is 252 g/mol. The van der Waals surface area contributed by atoms with E-state index in [1.807, 2.05) is 24.5 Å². The van der Waals surface area contributed by atoms with Gasteiger partial charge in [0, 0.05) is 12.3 Å². The van der Waals surface area contributed by atoms with Gasteiger partial charge in [0.25, 0.3) is 0 Å². The maximum atomic E-state index is 11.6. The topological polar surface area (TPSA) is 55.1 Å². The van der Waals surface area contributed by atoms with Crippen molar-refractivity contribution in [1.82, 2.24) is 5.32 Å². The Labute approximate surface area is 107 Å². The van der Waals surface area contributed by atoms with Crippen molar-refractivity contribution in [2.75, 3.05) is 18.6 Å². The summed E-state index contributed by atoms with van der Waals surface area (Å²) in [6.45, 7) is 0.693. The van der Waals surface area contributed by atoms with E-state index in [1.54, 1.807) is 11.8 Å². The maximum absolute atomic E-state index is 11.6. The molecule has 0 aromatic heterocycles. The average Bonchev–Trinajstić information content (AvgIpc) is 2.37. The number of carbonyl (C=O) groups is 1. The van der Waals surface area contributed by atoms with Gasteiger partial charge in [-0.25, -0.2) is 0 Å². The summed E-state index contributed by atoms with van der Waals surface area (Å²) < 4.78 is 0. The zero-order valence-electron chi connectivity index (χ0n) is 10.2. The highest BCUT2D eigenvalue weighted by Gasteiger charge is 2.12. The van der Waals surface area contributed by atoms with Crippen molar-refractivity contribution in [2.45, 2.75) is 18.9 Å². The Bertz CT molecular complexity index is 329. The Morgan fingerprint density at radius 3 is 2.76 bits per heavy atom. The van der Waals surface area contributed by atoms with Crippen LogP contribution >= 0.6 is 11.8 Å². The Morgan fingerprint density at radius 2 is 2.12 bits per heavy atom. The van der Waals surface area contributed by atoms with Crippen molar-refractivity contribution < 1.29 is 4.79 Å². The van der Waals surface area contributed by atoms with E-state index in [1.165, 1.54) is 5.56 Å². The number of aryl methyl sites for hydroxylation is 1. The van der Waals surface area contributed by atoms with E-state index in [9.17, 15) is 4.79 Å². The number of nitrogens with one attached hydrogen (secondary N) is 1. The van der Waals surface area contributed by atoms with Gasteiger partial charge < -0.3 is 11.1 Å². The van der Waals surface area contributed by atoms with Crippen LogP contribution in [0.5, 0.6) is 0 Å². The smallest absolute Gasteiger partial charge is 0.236 e. The lowest BCUT2D eigenvalue weighted by atomic mass is 10.1. The molecule has 4 heteroatoms. The summed E-state index contributed by atoms with van der Waals surface area (Å²) >= 11 is 1.71. The van der Waals surface area contributed by atoms with Gasteiger partial charge in [-0.15, -0.1) is 0 Å². The first-order chi connectivity index (χ1) is 8.24. The van der Waals surface area contributed by atoms with Crippen LogP contribution in [0.25, 0.3) is 0 Å².